The van der Waals surface area contributed by atoms with E-state index >= 15 is 0 Å². The minimum absolute atomic E-state index is 0.0747. The van der Waals surface area contributed by atoms with Crippen molar-refractivity contribution in [2.24, 2.45) is 0 Å². The van der Waals surface area contributed by atoms with Crippen LogP contribution in [0.25, 0.3) is 10.2 Å². The van der Waals surface area contributed by atoms with Crippen molar-refractivity contribution in [3.05, 3.63) is 58.6 Å². The van der Waals surface area contributed by atoms with Gasteiger partial charge in [0.15, 0.2) is 0 Å². The average molecular weight is 410 g/mol. The summed E-state index contributed by atoms with van der Waals surface area (Å²) in [5.74, 6) is -0.787. The number of carboxylic acids is 1. The van der Waals surface area contributed by atoms with Crippen LogP contribution >= 0.6 is 11.3 Å². The lowest BCUT2D eigenvalue weighted by atomic mass is 10.0. The second kappa shape index (κ2) is 8.13. The Labute approximate surface area is 175 Å². The van der Waals surface area contributed by atoms with E-state index in [1.165, 1.54) is 16.0 Å². The van der Waals surface area contributed by atoms with E-state index in [1.807, 2.05) is 18.2 Å². The number of aryl methyl sites for hydroxylation is 1. The molecule has 0 bridgehead atoms. The molecule has 0 unspecified atom stereocenters. The third-order valence-electron chi connectivity index (χ3n) is 5.66. The topological polar surface area (TPSA) is 56.7 Å². The molecule has 4 rings (SSSR count). The van der Waals surface area contributed by atoms with Gasteiger partial charge in [-0.05, 0) is 50.1 Å². The van der Waals surface area contributed by atoms with E-state index in [9.17, 15) is 4.79 Å². The van der Waals surface area contributed by atoms with Gasteiger partial charge >= 0.3 is 5.97 Å². The van der Waals surface area contributed by atoms with Crippen molar-refractivity contribution in [3.63, 3.8) is 0 Å². The minimum atomic E-state index is -0.787. The lowest BCUT2D eigenvalue weighted by Gasteiger charge is -2.45. The van der Waals surface area contributed by atoms with Gasteiger partial charge in [0.2, 0.25) is 0 Å². The molecule has 0 radical (unpaired) electrons. The summed E-state index contributed by atoms with van der Waals surface area (Å²) in [7, 11) is 0. The highest BCUT2D eigenvalue weighted by molar-refractivity contribution is 7.18. The summed E-state index contributed by atoms with van der Waals surface area (Å²) in [6.45, 7) is 9.37. The standard InChI is InChI=1S/C23H27N3O2S/c1-15-12-25(20-7-8-22-21(11-20)24-17(3)29-22)13-16(2)26(15)14-19-6-4-5-18(9-19)10-23(27)28/h4-9,11,15-16H,10,12-14H2,1-3H3,(H,27,28)/t15-,16+. The van der Waals surface area contributed by atoms with E-state index in [0.29, 0.717) is 12.1 Å². The van der Waals surface area contributed by atoms with Crippen molar-refractivity contribution < 1.29 is 9.90 Å². The first kappa shape index (κ1) is 19.9. The third kappa shape index (κ3) is 4.43. The molecule has 1 N–H and O–H groups in total. The van der Waals surface area contributed by atoms with Crippen LogP contribution in [0, 0.1) is 6.92 Å². The maximum Gasteiger partial charge on any atom is 0.307 e. The molecule has 1 aromatic heterocycles. The number of rotatable bonds is 5. The number of carbonyl (C=O) groups is 1. The molecule has 1 fully saturated rings. The van der Waals surface area contributed by atoms with Gasteiger partial charge in [0.25, 0.3) is 0 Å². The molecule has 1 saturated heterocycles. The predicted octanol–water partition coefficient (Wildman–Crippen LogP) is 4.33. The van der Waals surface area contributed by atoms with Crippen LogP contribution < -0.4 is 4.90 Å². The Morgan fingerprint density at radius 2 is 1.86 bits per heavy atom. The monoisotopic (exact) mass is 409 g/mol. The zero-order chi connectivity index (χ0) is 20.5. The minimum Gasteiger partial charge on any atom is -0.481 e. The zero-order valence-electron chi connectivity index (χ0n) is 17.1. The highest BCUT2D eigenvalue weighted by Gasteiger charge is 2.29. The Bertz CT molecular complexity index is 1020. The smallest absolute Gasteiger partial charge is 0.307 e. The van der Waals surface area contributed by atoms with Crippen LogP contribution in [0.5, 0.6) is 0 Å². The number of hydrogen-bond acceptors (Lipinski definition) is 5. The maximum absolute atomic E-state index is 11.0. The molecule has 2 heterocycles. The highest BCUT2D eigenvalue weighted by Crippen LogP contribution is 2.29. The zero-order valence-corrected chi connectivity index (χ0v) is 17.9. The average Bonchev–Trinajstić information content (AvgIpc) is 3.03. The van der Waals surface area contributed by atoms with Crippen molar-refractivity contribution in [2.45, 2.75) is 45.8 Å². The number of thiazole rings is 1. The largest absolute Gasteiger partial charge is 0.481 e. The van der Waals surface area contributed by atoms with Gasteiger partial charge in [-0.3, -0.25) is 9.69 Å². The van der Waals surface area contributed by atoms with Crippen LogP contribution in [0.15, 0.2) is 42.5 Å². The molecule has 2 atom stereocenters. The van der Waals surface area contributed by atoms with Crippen molar-refractivity contribution in [1.82, 2.24) is 9.88 Å². The highest BCUT2D eigenvalue weighted by atomic mass is 32.1. The van der Waals surface area contributed by atoms with Gasteiger partial charge in [0, 0.05) is 37.4 Å². The van der Waals surface area contributed by atoms with Crippen LogP contribution in [0.3, 0.4) is 0 Å². The number of carboxylic acid groups (broad SMARTS) is 1. The molecule has 152 valence electrons. The van der Waals surface area contributed by atoms with Gasteiger partial charge in [-0.15, -0.1) is 11.3 Å². The third-order valence-corrected chi connectivity index (χ3v) is 6.61. The number of anilines is 1. The first-order chi connectivity index (χ1) is 13.9. The van der Waals surface area contributed by atoms with E-state index in [-0.39, 0.29) is 6.42 Å². The number of hydrogen-bond donors (Lipinski definition) is 1. The first-order valence-electron chi connectivity index (χ1n) is 10.1. The number of piperazine rings is 1. The van der Waals surface area contributed by atoms with Gasteiger partial charge in [-0.1, -0.05) is 24.3 Å². The van der Waals surface area contributed by atoms with E-state index in [4.69, 9.17) is 5.11 Å². The van der Waals surface area contributed by atoms with Crippen molar-refractivity contribution in [2.75, 3.05) is 18.0 Å². The summed E-state index contributed by atoms with van der Waals surface area (Å²) < 4.78 is 1.24. The number of benzene rings is 2. The van der Waals surface area contributed by atoms with Gasteiger partial charge in [0.1, 0.15) is 0 Å². The Morgan fingerprint density at radius 3 is 2.59 bits per heavy atom. The van der Waals surface area contributed by atoms with Gasteiger partial charge in [-0.2, -0.15) is 0 Å². The van der Waals surface area contributed by atoms with E-state index in [2.05, 4.69) is 59.8 Å². The number of aromatic nitrogens is 1. The Kier molecular flexibility index (Phi) is 5.56. The molecule has 2 aromatic carbocycles. The van der Waals surface area contributed by atoms with Crippen molar-refractivity contribution in [3.8, 4) is 0 Å². The van der Waals surface area contributed by atoms with Crippen LogP contribution in [-0.2, 0) is 17.8 Å². The molecule has 0 amide bonds. The maximum atomic E-state index is 11.0. The Balaban J connectivity index is 1.48. The molecule has 0 spiro atoms. The Morgan fingerprint density at radius 1 is 1.14 bits per heavy atom. The summed E-state index contributed by atoms with van der Waals surface area (Å²) in [6, 6.07) is 15.4. The Hall–Kier alpha value is -2.44. The molecule has 1 aliphatic heterocycles. The first-order valence-corrected chi connectivity index (χ1v) is 10.9. The van der Waals surface area contributed by atoms with Gasteiger partial charge in [-0.25, -0.2) is 4.98 Å². The van der Waals surface area contributed by atoms with E-state index < -0.39 is 5.97 Å². The fourth-order valence-electron chi connectivity index (χ4n) is 4.33. The molecule has 29 heavy (non-hydrogen) atoms. The van der Waals surface area contributed by atoms with E-state index in [1.54, 1.807) is 11.3 Å². The predicted molar refractivity (Wildman–Crippen MR) is 119 cm³/mol. The molecule has 6 heteroatoms. The summed E-state index contributed by atoms with van der Waals surface area (Å²) in [6.07, 6.45) is 0.0747. The lowest BCUT2D eigenvalue weighted by molar-refractivity contribution is -0.136. The van der Waals surface area contributed by atoms with E-state index in [0.717, 1.165) is 35.7 Å². The van der Waals surface area contributed by atoms with Crippen LogP contribution in [0.2, 0.25) is 0 Å². The second-order valence-electron chi connectivity index (χ2n) is 8.05. The fraction of sp³-hybridized carbons (Fsp3) is 0.391. The van der Waals surface area contributed by atoms with Crippen molar-refractivity contribution in [1.29, 1.82) is 0 Å². The lowest BCUT2D eigenvalue weighted by Crippen LogP contribution is -2.56. The summed E-state index contributed by atoms with van der Waals surface area (Å²) in [5, 5.41) is 10.2. The molecule has 0 aliphatic carbocycles. The number of nitrogens with zero attached hydrogens (tertiary/aromatic N) is 3. The molecule has 1 aliphatic rings. The number of fused-ring (bicyclic) bond motifs is 1. The van der Waals surface area contributed by atoms with Gasteiger partial charge in [0.05, 0.1) is 21.6 Å². The molecule has 0 saturated carbocycles. The van der Waals surface area contributed by atoms with Crippen molar-refractivity contribution >= 4 is 33.2 Å². The molecule has 3 aromatic rings. The molecule has 5 nitrogen and oxygen atoms in total. The fourth-order valence-corrected chi connectivity index (χ4v) is 5.14. The number of aliphatic carboxylic acids is 1. The molecular weight excluding hydrogens is 382 g/mol. The molecular formula is C23H27N3O2S. The van der Waals surface area contributed by atoms with Crippen LogP contribution in [0.4, 0.5) is 5.69 Å². The van der Waals surface area contributed by atoms with Gasteiger partial charge < -0.3 is 10.0 Å². The summed E-state index contributed by atoms with van der Waals surface area (Å²) in [4.78, 5) is 20.6. The summed E-state index contributed by atoms with van der Waals surface area (Å²) >= 11 is 1.74. The quantitative estimate of drug-likeness (QED) is 0.680. The van der Waals surface area contributed by atoms with Crippen LogP contribution in [0.1, 0.15) is 30.0 Å². The summed E-state index contributed by atoms with van der Waals surface area (Å²) in [5.41, 5.74) is 4.36. The SMILES string of the molecule is Cc1nc2cc(N3C[C@@H](C)N(Cc4cccc(CC(=O)O)c4)[C@@H](C)C3)ccc2s1. The van der Waals surface area contributed by atoms with Crippen LogP contribution in [-0.4, -0.2) is 46.1 Å². The second-order valence-corrected chi connectivity index (χ2v) is 9.29. The normalized spacial score (nSPS) is 20.3.